The average Bonchev–Trinajstić information content (AvgIpc) is 2.39. The Morgan fingerprint density at radius 1 is 1.28 bits per heavy atom. The van der Waals surface area contributed by atoms with Crippen molar-refractivity contribution in [2.24, 2.45) is 0 Å². The number of benzene rings is 1. The lowest BCUT2D eigenvalue weighted by atomic mass is 10.2. The van der Waals surface area contributed by atoms with E-state index in [0.29, 0.717) is 6.61 Å². The maximum atomic E-state index is 5.66. The van der Waals surface area contributed by atoms with Crippen molar-refractivity contribution in [1.82, 2.24) is 5.32 Å². The van der Waals surface area contributed by atoms with Gasteiger partial charge in [0.1, 0.15) is 18.1 Å². The fraction of sp³-hybridized carbons (Fsp3) is 0.467. The highest BCUT2D eigenvalue weighted by atomic mass is 16.5. The fourth-order valence-corrected chi connectivity index (χ4v) is 1.50. The standard InChI is InChI=1S/C15H21NO2/c1-4-6-10-18-15-11-14(17-9-5-2)8-7-13(15)12-16-3/h7-8,11,16H,5,9-10,12H2,1-3H3. The van der Waals surface area contributed by atoms with Crippen molar-refractivity contribution in [1.29, 1.82) is 0 Å². The molecule has 3 nitrogen and oxygen atoms in total. The van der Waals surface area contributed by atoms with Crippen LogP contribution < -0.4 is 14.8 Å². The minimum absolute atomic E-state index is 0.407. The monoisotopic (exact) mass is 247 g/mol. The Kier molecular flexibility index (Phi) is 6.75. The molecule has 1 rings (SSSR count). The van der Waals surface area contributed by atoms with Crippen molar-refractivity contribution in [3.8, 4) is 23.3 Å². The lowest BCUT2D eigenvalue weighted by Crippen LogP contribution is -2.08. The van der Waals surface area contributed by atoms with Gasteiger partial charge >= 0.3 is 0 Å². The molecule has 1 N–H and O–H groups in total. The third-order valence-electron chi connectivity index (χ3n) is 2.36. The van der Waals surface area contributed by atoms with Crippen molar-refractivity contribution in [3.63, 3.8) is 0 Å². The van der Waals surface area contributed by atoms with Gasteiger partial charge < -0.3 is 14.8 Å². The van der Waals surface area contributed by atoms with Gasteiger partial charge in [-0.15, -0.1) is 5.92 Å². The van der Waals surface area contributed by atoms with E-state index >= 15 is 0 Å². The van der Waals surface area contributed by atoms with E-state index in [1.54, 1.807) is 6.92 Å². The first kappa shape index (κ1) is 14.4. The number of rotatable bonds is 7. The quantitative estimate of drug-likeness (QED) is 0.751. The minimum Gasteiger partial charge on any atom is -0.493 e. The van der Waals surface area contributed by atoms with Crippen molar-refractivity contribution < 1.29 is 9.47 Å². The Labute approximate surface area is 109 Å². The molecular formula is C15H21NO2. The SMILES string of the molecule is CC#CCOc1cc(OCCC)ccc1CNC. The topological polar surface area (TPSA) is 30.5 Å². The Morgan fingerprint density at radius 3 is 2.78 bits per heavy atom. The van der Waals surface area contributed by atoms with Gasteiger partial charge in [-0.05, 0) is 26.5 Å². The Balaban J connectivity index is 2.79. The minimum atomic E-state index is 0.407. The molecule has 0 atom stereocenters. The van der Waals surface area contributed by atoms with E-state index in [0.717, 1.165) is 36.6 Å². The van der Waals surface area contributed by atoms with Crippen LogP contribution in [0.4, 0.5) is 0 Å². The predicted molar refractivity (Wildman–Crippen MR) is 73.9 cm³/mol. The van der Waals surface area contributed by atoms with E-state index in [1.807, 2.05) is 25.2 Å². The van der Waals surface area contributed by atoms with Crippen LogP contribution in [0, 0.1) is 11.8 Å². The molecule has 1 aromatic rings. The molecule has 0 aliphatic heterocycles. The Hall–Kier alpha value is -1.66. The molecule has 98 valence electrons. The summed E-state index contributed by atoms with van der Waals surface area (Å²) >= 11 is 0. The van der Waals surface area contributed by atoms with Crippen molar-refractivity contribution >= 4 is 0 Å². The van der Waals surface area contributed by atoms with Gasteiger partial charge in [-0.25, -0.2) is 0 Å². The third kappa shape index (κ3) is 4.68. The second-order valence-electron chi connectivity index (χ2n) is 3.86. The van der Waals surface area contributed by atoms with Crippen molar-refractivity contribution in [3.05, 3.63) is 23.8 Å². The van der Waals surface area contributed by atoms with Gasteiger partial charge in [-0.1, -0.05) is 18.9 Å². The van der Waals surface area contributed by atoms with E-state index in [2.05, 4.69) is 24.1 Å². The predicted octanol–water partition coefficient (Wildman–Crippen LogP) is 2.60. The smallest absolute Gasteiger partial charge is 0.149 e. The van der Waals surface area contributed by atoms with Crippen LogP contribution in [0.1, 0.15) is 25.8 Å². The molecule has 0 aliphatic carbocycles. The highest BCUT2D eigenvalue weighted by Gasteiger charge is 2.05. The zero-order valence-corrected chi connectivity index (χ0v) is 11.4. The second kappa shape index (κ2) is 8.43. The Bertz CT molecular complexity index is 418. The van der Waals surface area contributed by atoms with Gasteiger partial charge in [0.25, 0.3) is 0 Å². The summed E-state index contributed by atoms with van der Waals surface area (Å²) in [6.45, 7) is 5.79. The molecule has 3 heteroatoms. The first-order chi connectivity index (χ1) is 8.81. The summed E-state index contributed by atoms with van der Waals surface area (Å²) in [7, 11) is 1.91. The summed E-state index contributed by atoms with van der Waals surface area (Å²) < 4.78 is 11.3. The van der Waals surface area contributed by atoms with E-state index in [1.165, 1.54) is 0 Å². The largest absolute Gasteiger partial charge is 0.493 e. The summed E-state index contributed by atoms with van der Waals surface area (Å²) in [5, 5.41) is 3.12. The molecule has 0 unspecified atom stereocenters. The third-order valence-corrected chi connectivity index (χ3v) is 2.36. The van der Waals surface area contributed by atoms with Crippen LogP contribution in [0.2, 0.25) is 0 Å². The van der Waals surface area contributed by atoms with E-state index in [4.69, 9.17) is 9.47 Å². The second-order valence-corrected chi connectivity index (χ2v) is 3.86. The molecule has 0 saturated heterocycles. The summed E-state index contributed by atoms with van der Waals surface area (Å²) in [5.41, 5.74) is 1.11. The average molecular weight is 247 g/mol. The fourth-order valence-electron chi connectivity index (χ4n) is 1.50. The number of ether oxygens (including phenoxy) is 2. The zero-order valence-electron chi connectivity index (χ0n) is 11.4. The molecule has 0 fully saturated rings. The van der Waals surface area contributed by atoms with Crippen LogP contribution in [0.5, 0.6) is 11.5 Å². The molecule has 18 heavy (non-hydrogen) atoms. The number of hydrogen-bond acceptors (Lipinski definition) is 3. The lowest BCUT2D eigenvalue weighted by Gasteiger charge is -2.12. The maximum Gasteiger partial charge on any atom is 0.149 e. The maximum absolute atomic E-state index is 5.66. The number of nitrogens with one attached hydrogen (secondary N) is 1. The zero-order chi connectivity index (χ0) is 13.2. The highest BCUT2D eigenvalue weighted by Crippen LogP contribution is 2.25. The molecule has 0 amide bonds. The normalized spacial score (nSPS) is 9.50. The summed E-state index contributed by atoms with van der Waals surface area (Å²) in [6.07, 6.45) is 0.996. The van der Waals surface area contributed by atoms with Gasteiger partial charge in [0, 0.05) is 18.2 Å². The van der Waals surface area contributed by atoms with E-state index < -0.39 is 0 Å². The molecule has 0 aliphatic rings. The van der Waals surface area contributed by atoms with Crippen LogP contribution in [0.25, 0.3) is 0 Å². The van der Waals surface area contributed by atoms with Crippen LogP contribution in [-0.4, -0.2) is 20.3 Å². The van der Waals surface area contributed by atoms with Gasteiger partial charge in [0.05, 0.1) is 6.61 Å². The van der Waals surface area contributed by atoms with Crippen LogP contribution >= 0.6 is 0 Å². The molecular weight excluding hydrogens is 226 g/mol. The molecule has 0 radical (unpaired) electrons. The van der Waals surface area contributed by atoms with Crippen molar-refractivity contribution in [2.45, 2.75) is 26.8 Å². The highest BCUT2D eigenvalue weighted by molar-refractivity contribution is 5.41. The van der Waals surface area contributed by atoms with Gasteiger partial charge in [0.2, 0.25) is 0 Å². The molecule has 0 heterocycles. The van der Waals surface area contributed by atoms with Crippen molar-refractivity contribution in [2.75, 3.05) is 20.3 Å². The molecule has 0 spiro atoms. The molecule has 0 aromatic heterocycles. The lowest BCUT2D eigenvalue weighted by molar-refractivity contribution is 0.312. The Morgan fingerprint density at radius 2 is 2.11 bits per heavy atom. The van der Waals surface area contributed by atoms with Crippen LogP contribution in [0.3, 0.4) is 0 Å². The summed E-state index contributed by atoms with van der Waals surface area (Å²) in [5.74, 6) is 7.39. The van der Waals surface area contributed by atoms with Gasteiger partial charge in [0.15, 0.2) is 0 Å². The molecule has 0 saturated carbocycles. The van der Waals surface area contributed by atoms with E-state index in [-0.39, 0.29) is 0 Å². The summed E-state index contributed by atoms with van der Waals surface area (Å²) in [4.78, 5) is 0. The van der Waals surface area contributed by atoms with Crippen LogP contribution in [0.15, 0.2) is 18.2 Å². The number of hydrogen-bond donors (Lipinski definition) is 1. The first-order valence-electron chi connectivity index (χ1n) is 6.24. The summed E-state index contributed by atoms with van der Waals surface area (Å²) in [6, 6.07) is 5.93. The van der Waals surface area contributed by atoms with Gasteiger partial charge in [-0.3, -0.25) is 0 Å². The molecule has 1 aromatic carbocycles. The van der Waals surface area contributed by atoms with Crippen LogP contribution in [-0.2, 0) is 6.54 Å². The molecule has 0 bridgehead atoms. The van der Waals surface area contributed by atoms with Gasteiger partial charge in [-0.2, -0.15) is 0 Å². The van der Waals surface area contributed by atoms with E-state index in [9.17, 15) is 0 Å². The first-order valence-corrected chi connectivity index (χ1v) is 6.24.